The van der Waals surface area contributed by atoms with Crippen LogP contribution in [0.2, 0.25) is 0 Å². The SMILES string of the molecule is CC[C@@H](C)[C@H](OC(=O)[C@@H](OC(=O)[C@@H](OC(=O)[C@@H](OC(=O)[C@@H](O)[C@@H](C)CC)[C@@H](C)CC)[C@@H](C)CC)[C@H](C)CC)C(=O)OC[C@H](O)[C@H](O)[C@H](O)[C@H](O)CO. The van der Waals surface area contributed by atoms with Crippen LogP contribution in [0.25, 0.3) is 0 Å². The molecule has 0 fully saturated rings. The molecule has 0 saturated carbocycles. The normalized spacial score (nSPS) is 19.8. The Morgan fingerprint density at radius 1 is 0.442 bits per heavy atom. The molecule has 0 spiro atoms. The molecule has 16 heteroatoms. The molecule has 14 atom stereocenters. The summed E-state index contributed by atoms with van der Waals surface area (Å²) in [5.41, 5.74) is 0. The fraction of sp³-hybridized carbons (Fsp3) is 0.861. The van der Waals surface area contributed by atoms with E-state index in [1.54, 1.807) is 69.2 Å². The summed E-state index contributed by atoms with van der Waals surface area (Å²) in [5.74, 6) is -8.22. The first-order chi connectivity index (χ1) is 24.3. The van der Waals surface area contributed by atoms with E-state index in [1.165, 1.54) is 0 Å². The second-order valence-corrected chi connectivity index (χ2v) is 13.7. The lowest BCUT2D eigenvalue weighted by atomic mass is 9.98. The first-order valence-corrected chi connectivity index (χ1v) is 18.3. The van der Waals surface area contributed by atoms with Crippen molar-refractivity contribution in [3.05, 3.63) is 0 Å². The van der Waals surface area contributed by atoms with Crippen molar-refractivity contribution >= 4 is 29.8 Å². The highest BCUT2D eigenvalue weighted by molar-refractivity contribution is 5.87. The first-order valence-electron chi connectivity index (χ1n) is 18.3. The van der Waals surface area contributed by atoms with Crippen molar-refractivity contribution in [3.8, 4) is 0 Å². The molecule has 0 rings (SSSR count). The van der Waals surface area contributed by atoms with Crippen LogP contribution in [0.1, 0.15) is 101 Å². The van der Waals surface area contributed by atoms with Crippen LogP contribution in [0, 0.1) is 29.6 Å². The summed E-state index contributed by atoms with van der Waals surface area (Å²) in [4.78, 5) is 66.4. The van der Waals surface area contributed by atoms with Crippen LogP contribution in [0.4, 0.5) is 0 Å². The Kier molecular flexibility index (Phi) is 23.1. The van der Waals surface area contributed by atoms with Gasteiger partial charge < -0.3 is 54.3 Å². The zero-order valence-electron chi connectivity index (χ0n) is 32.3. The monoisotopic (exact) mass is 752 g/mol. The average molecular weight is 753 g/mol. The van der Waals surface area contributed by atoms with Gasteiger partial charge in [0.15, 0.2) is 6.10 Å². The second kappa shape index (κ2) is 24.4. The molecule has 0 heterocycles. The summed E-state index contributed by atoms with van der Waals surface area (Å²) >= 11 is 0. The van der Waals surface area contributed by atoms with E-state index in [1.807, 2.05) is 0 Å². The lowest BCUT2D eigenvalue weighted by molar-refractivity contribution is -0.196. The summed E-state index contributed by atoms with van der Waals surface area (Å²) in [5, 5.41) is 58.9. The van der Waals surface area contributed by atoms with E-state index in [0.29, 0.717) is 32.1 Å². The lowest BCUT2D eigenvalue weighted by Gasteiger charge is -2.30. The Bertz CT molecular complexity index is 1100. The van der Waals surface area contributed by atoms with Crippen LogP contribution in [-0.2, 0) is 47.7 Å². The molecule has 0 aromatic rings. The molecule has 0 bridgehead atoms. The molecule has 52 heavy (non-hydrogen) atoms. The van der Waals surface area contributed by atoms with Gasteiger partial charge in [0.1, 0.15) is 31.0 Å². The standard InChI is InChI=1S/C36H64O16/c1-11-18(6)25(40)32(43)49-29(20(8)13-3)34(45)51-31(22(10)15-5)36(47)52-30(21(9)14-4)35(46)50-28(19(7)12-2)33(44)48-17-24(39)27(42)26(41)23(38)16-37/h18-31,37-42H,11-17H2,1-10H3/t18-,19+,20-,21+,22-,23+,24-,25-,26+,27-,28-,29-,30-,31-/m0/s1. The average Bonchev–Trinajstić information content (AvgIpc) is 3.15. The summed E-state index contributed by atoms with van der Waals surface area (Å²) in [6.07, 6.45) is -13.4. The molecule has 304 valence electrons. The smallest absolute Gasteiger partial charge is 0.348 e. The third-order valence-electron chi connectivity index (χ3n) is 9.69. The number of aliphatic hydroxyl groups is 6. The van der Waals surface area contributed by atoms with Crippen molar-refractivity contribution < 1.29 is 78.3 Å². The van der Waals surface area contributed by atoms with Gasteiger partial charge in [-0.25, -0.2) is 24.0 Å². The van der Waals surface area contributed by atoms with E-state index >= 15 is 0 Å². The number of esters is 5. The van der Waals surface area contributed by atoms with E-state index in [0.717, 1.165) is 0 Å². The van der Waals surface area contributed by atoms with Crippen molar-refractivity contribution in [3.63, 3.8) is 0 Å². The number of aliphatic hydroxyl groups excluding tert-OH is 6. The van der Waals surface area contributed by atoms with Crippen LogP contribution < -0.4 is 0 Å². The third-order valence-corrected chi connectivity index (χ3v) is 9.69. The number of hydrogen-bond acceptors (Lipinski definition) is 16. The molecule has 0 aliphatic rings. The molecule has 0 aliphatic carbocycles. The molecule has 0 aromatic heterocycles. The highest BCUT2D eigenvalue weighted by atomic mass is 16.6. The summed E-state index contributed by atoms with van der Waals surface area (Å²) in [6, 6.07) is 0. The van der Waals surface area contributed by atoms with Gasteiger partial charge in [-0.05, 0) is 31.6 Å². The molecular formula is C36H64O16. The van der Waals surface area contributed by atoms with Gasteiger partial charge in [0.2, 0.25) is 24.4 Å². The maximum Gasteiger partial charge on any atom is 0.348 e. The van der Waals surface area contributed by atoms with Crippen molar-refractivity contribution in [2.24, 2.45) is 29.6 Å². The Balaban J connectivity index is 6.15. The molecule has 0 saturated heterocycles. The highest BCUT2D eigenvalue weighted by Gasteiger charge is 2.42. The van der Waals surface area contributed by atoms with Crippen molar-refractivity contribution in [2.75, 3.05) is 13.2 Å². The molecular weight excluding hydrogens is 688 g/mol. The number of carbonyl (C=O) groups is 5. The summed E-state index contributed by atoms with van der Waals surface area (Å²) in [6.45, 7) is 15.0. The number of carbonyl (C=O) groups excluding carboxylic acids is 5. The minimum atomic E-state index is -2.00. The molecule has 0 amide bonds. The van der Waals surface area contributed by atoms with Gasteiger partial charge >= 0.3 is 29.8 Å². The first kappa shape index (κ1) is 49.1. The topological polar surface area (TPSA) is 253 Å². The van der Waals surface area contributed by atoms with E-state index in [4.69, 9.17) is 28.8 Å². The van der Waals surface area contributed by atoms with E-state index in [-0.39, 0.29) is 0 Å². The Morgan fingerprint density at radius 3 is 1.04 bits per heavy atom. The van der Waals surface area contributed by atoms with Crippen molar-refractivity contribution in [1.82, 2.24) is 0 Å². The maximum atomic E-state index is 13.7. The van der Waals surface area contributed by atoms with Crippen LogP contribution in [0.5, 0.6) is 0 Å². The molecule has 0 radical (unpaired) electrons. The van der Waals surface area contributed by atoms with Gasteiger partial charge in [-0.15, -0.1) is 0 Å². The quantitative estimate of drug-likeness (QED) is 0.0566. The van der Waals surface area contributed by atoms with E-state index in [9.17, 15) is 49.5 Å². The Labute approximate surface area is 307 Å². The highest BCUT2D eigenvalue weighted by Crippen LogP contribution is 2.24. The second-order valence-electron chi connectivity index (χ2n) is 13.7. The van der Waals surface area contributed by atoms with Gasteiger partial charge in [-0.1, -0.05) is 75.7 Å². The minimum Gasteiger partial charge on any atom is -0.460 e. The van der Waals surface area contributed by atoms with Crippen molar-refractivity contribution in [1.29, 1.82) is 0 Å². The minimum absolute atomic E-state index is 0.315. The number of hydrogen-bond donors (Lipinski definition) is 6. The van der Waals surface area contributed by atoms with Crippen molar-refractivity contribution in [2.45, 2.75) is 156 Å². The summed E-state index contributed by atoms with van der Waals surface area (Å²) in [7, 11) is 0. The van der Waals surface area contributed by atoms with E-state index in [2.05, 4.69) is 0 Å². The zero-order chi connectivity index (χ0) is 40.5. The number of ether oxygens (including phenoxy) is 5. The van der Waals surface area contributed by atoms with Gasteiger partial charge in [0, 0.05) is 23.7 Å². The molecule has 0 unspecified atom stereocenters. The largest absolute Gasteiger partial charge is 0.460 e. The third kappa shape index (κ3) is 14.9. The van der Waals surface area contributed by atoms with Crippen LogP contribution in [-0.4, -0.2) is 129 Å². The molecule has 0 aromatic carbocycles. The Hall–Kier alpha value is -2.89. The van der Waals surface area contributed by atoms with Gasteiger partial charge in [0.25, 0.3) is 0 Å². The predicted octanol–water partition coefficient (Wildman–Crippen LogP) is 1.20. The molecule has 16 nitrogen and oxygen atoms in total. The molecule has 0 aliphatic heterocycles. The maximum absolute atomic E-state index is 13.7. The van der Waals surface area contributed by atoms with Crippen LogP contribution in [0.15, 0.2) is 0 Å². The van der Waals surface area contributed by atoms with Gasteiger partial charge in [0.05, 0.1) is 6.61 Å². The number of rotatable bonds is 25. The van der Waals surface area contributed by atoms with Crippen LogP contribution >= 0.6 is 0 Å². The Morgan fingerprint density at radius 2 is 0.731 bits per heavy atom. The predicted molar refractivity (Wildman–Crippen MR) is 185 cm³/mol. The fourth-order valence-corrected chi connectivity index (χ4v) is 4.58. The zero-order valence-corrected chi connectivity index (χ0v) is 32.3. The lowest BCUT2D eigenvalue weighted by Crippen LogP contribution is -2.48. The van der Waals surface area contributed by atoms with E-state index < -0.39 is 128 Å². The van der Waals surface area contributed by atoms with Crippen LogP contribution in [0.3, 0.4) is 0 Å². The van der Waals surface area contributed by atoms with Gasteiger partial charge in [-0.2, -0.15) is 0 Å². The molecule has 6 N–H and O–H groups in total. The summed E-state index contributed by atoms with van der Waals surface area (Å²) < 4.78 is 27.2. The fourth-order valence-electron chi connectivity index (χ4n) is 4.58. The van der Waals surface area contributed by atoms with Gasteiger partial charge in [-0.3, -0.25) is 0 Å².